The van der Waals surface area contributed by atoms with Gasteiger partial charge in [0.15, 0.2) is 5.65 Å². The number of aryl methyl sites for hydroxylation is 2. The second kappa shape index (κ2) is 6.61. The Morgan fingerprint density at radius 3 is 2.60 bits per heavy atom. The Hall–Kier alpha value is -1.75. The van der Waals surface area contributed by atoms with Crippen molar-refractivity contribution < 1.29 is 0 Å². The molecule has 1 N–H and O–H groups in total. The number of likely N-dealkylation sites (N-methyl/N-ethyl adjacent to an activating group) is 1. The standard InChI is InChI=1S/C15H23N5/c1-5-20(6-2)8-7-16-14-13-11(3)9-12(4)19-15(13)18-10-17-14/h9-10H,5-8H2,1-4H3,(H,16,17,18,19). The molecule has 0 aromatic carbocycles. The summed E-state index contributed by atoms with van der Waals surface area (Å²) in [6.45, 7) is 12.5. The predicted molar refractivity (Wildman–Crippen MR) is 83.1 cm³/mol. The van der Waals surface area contributed by atoms with E-state index in [9.17, 15) is 0 Å². The van der Waals surface area contributed by atoms with Crippen molar-refractivity contribution in [2.45, 2.75) is 27.7 Å². The SMILES string of the molecule is CCN(CC)CCNc1ncnc2nc(C)cc(C)c12. The Labute approximate surface area is 120 Å². The monoisotopic (exact) mass is 273 g/mol. The van der Waals surface area contributed by atoms with Gasteiger partial charge in [-0.2, -0.15) is 0 Å². The minimum atomic E-state index is 0.767. The molecular weight excluding hydrogens is 250 g/mol. The summed E-state index contributed by atoms with van der Waals surface area (Å²) >= 11 is 0. The number of aromatic nitrogens is 3. The van der Waals surface area contributed by atoms with Crippen molar-refractivity contribution >= 4 is 16.9 Å². The highest BCUT2D eigenvalue weighted by molar-refractivity contribution is 5.89. The van der Waals surface area contributed by atoms with E-state index in [1.165, 1.54) is 5.56 Å². The molecule has 5 heteroatoms. The first kappa shape index (κ1) is 14.7. The molecule has 0 saturated heterocycles. The number of hydrogen-bond donors (Lipinski definition) is 1. The average Bonchev–Trinajstić information content (AvgIpc) is 2.43. The van der Waals surface area contributed by atoms with Gasteiger partial charge in [-0.25, -0.2) is 15.0 Å². The second-order valence-corrected chi connectivity index (χ2v) is 4.96. The molecule has 0 aliphatic rings. The van der Waals surface area contributed by atoms with Gasteiger partial charge in [0.1, 0.15) is 12.1 Å². The first-order valence-electron chi connectivity index (χ1n) is 7.20. The maximum atomic E-state index is 4.47. The lowest BCUT2D eigenvalue weighted by Crippen LogP contribution is -2.28. The van der Waals surface area contributed by atoms with Gasteiger partial charge in [-0.3, -0.25) is 0 Å². The number of rotatable bonds is 6. The van der Waals surface area contributed by atoms with Crippen molar-refractivity contribution in [2.24, 2.45) is 0 Å². The molecule has 0 atom stereocenters. The third kappa shape index (κ3) is 3.22. The zero-order valence-electron chi connectivity index (χ0n) is 12.8. The van der Waals surface area contributed by atoms with Gasteiger partial charge in [0.25, 0.3) is 0 Å². The van der Waals surface area contributed by atoms with Crippen molar-refractivity contribution in [1.82, 2.24) is 19.9 Å². The van der Waals surface area contributed by atoms with Crippen LogP contribution in [0.25, 0.3) is 11.0 Å². The third-order valence-corrected chi connectivity index (χ3v) is 3.54. The Morgan fingerprint density at radius 1 is 1.15 bits per heavy atom. The van der Waals surface area contributed by atoms with Crippen molar-refractivity contribution in [2.75, 3.05) is 31.5 Å². The Kier molecular flexibility index (Phi) is 4.84. The summed E-state index contributed by atoms with van der Waals surface area (Å²) in [6, 6.07) is 2.07. The van der Waals surface area contributed by atoms with Crippen LogP contribution in [0.15, 0.2) is 12.4 Å². The molecule has 108 valence electrons. The van der Waals surface area contributed by atoms with E-state index >= 15 is 0 Å². The van der Waals surface area contributed by atoms with Crippen molar-refractivity contribution in [3.63, 3.8) is 0 Å². The molecule has 0 saturated carbocycles. The van der Waals surface area contributed by atoms with Gasteiger partial charge in [-0.05, 0) is 38.6 Å². The summed E-state index contributed by atoms with van der Waals surface area (Å²) in [6.07, 6.45) is 1.58. The van der Waals surface area contributed by atoms with Crippen molar-refractivity contribution in [3.8, 4) is 0 Å². The molecule has 5 nitrogen and oxygen atoms in total. The van der Waals surface area contributed by atoms with Crippen LogP contribution in [0.2, 0.25) is 0 Å². The summed E-state index contributed by atoms with van der Waals surface area (Å²) < 4.78 is 0. The van der Waals surface area contributed by atoms with Crippen LogP contribution >= 0.6 is 0 Å². The number of nitrogens with one attached hydrogen (secondary N) is 1. The Balaban J connectivity index is 2.18. The average molecular weight is 273 g/mol. The second-order valence-electron chi connectivity index (χ2n) is 4.96. The van der Waals surface area contributed by atoms with Crippen LogP contribution in [-0.2, 0) is 0 Å². The molecule has 0 aliphatic carbocycles. The van der Waals surface area contributed by atoms with Crippen LogP contribution in [0.3, 0.4) is 0 Å². The topological polar surface area (TPSA) is 53.9 Å². The van der Waals surface area contributed by atoms with Gasteiger partial charge >= 0.3 is 0 Å². The van der Waals surface area contributed by atoms with E-state index in [4.69, 9.17) is 0 Å². The van der Waals surface area contributed by atoms with E-state index in [0.29, 0.717) is 0 Å². The fourth-order valence-electron chi connectivity index (χ4n) is 2.42. The molecule has 0 bridgehead atoms. The van der Waals surface area contributed by atoms with Crippen LogP contribution in [0.1, 0.15) is 25.1 Å². The summed E-state index contributed by atoms with van der Waals surface area (Å²) in [5, 5.41) is 4.44. The molecule has 0 spiro atoms. The first-order valence-corrected chi connectivity index (χ1v) is 7.20. The van der Waals surface area contributed by atoms with Crippen molar-refractivity contribution in [1.29, 1.82) is 0 Å². The molecule has 0 radical (unpaired) electrons. The molecule has 2 rings (SSSR count). The van der Waals surface area contributed by atoms with Gasteiger partial charge in [0.2, 0.25) is 0 Å². The lowest BCUT2D eigenvalue weighted by molar-refractivity contribution is 0.316. The number of fused-ring (bicyclic) bond motifs is 1. The van der Waals surface area contributed by atoms with Crippen LogP contribution < -0.4 is 5.32 Å². The number of anilines is 1. The number of nitrogens with zero attached hydrogens (tertiary/aromatic N) is 4. The van der Waals surface area contributed by atoms with Gasteiger partial charge in [0, 0.05) is 18.8 Å². The molecule has 2 aromatic heterocycles. The molecule has 20 heavy (non-hydrogen) atoms. The minimum absolute atomic E-state index is 0.767. The predicted octanol–water partition coefficient (Wildman–Crippen LogP) is 2.40. The van der Waals surface area contributed by atoms with Gasteiger partial charge in [-0.15, -0.1) is 0 Å². The van der Waals surface area contributed by atoms with Crippen LogP contribution in [0, 0.1) is 13.8 Å². The van der Waals surface area contributed by atoms with Crippen molar-refractivity contribution in [3.05, 3.63) is 23.7 Å². The smallest absolute Gasteiger partial charge is 0.165 e. The summed E-state index contributed by atoms with van der Waals surface area (Å²) in [5.74, 6) is 0.882. The van der Waals surface area contributed by atoms with Gasteiger partial charge in [0.05, 0.1) is 5.39 Å². The molecule has 2 heterocycles. The van der Waals surface area contributed by atoms with Gasteiger partial charge in [-0.1, -0.05) is 13.8 Å². The Bertz CT molecular complexity index is 578. The number of pyridine rings is 1. The largest absolute Gasteiger partial charge is 0.368 e. The van der Waals surface area contributed by atoms with Crippen LogP contribution in [-0.4, -0.2) is 46.0 Å². The summed E-state index contributed by atoms with van der Waals surface area (Å²) in [4.78, 5) is 15.5. The molecule has 2 aromatic rings. The lowest BCUT2D eigenvalue weighted by atomic mass is 10.1. The maximum absolute atomic E-state index is 4.47. The zero-order valence-corrected chi connectivity index (χ0v) is 12.8. The Morgan fingerprint density at radius 2 is 1.90 bits per heavy atom. The zero-order chi connectivity index (χ0) is 14.5. The van der Waals surface area contributed by atoms with Crippen LogP contribution in [0.4, 0.5) is 5.82 Å². The quantitative estimate of drug-likeness (QED) is 0.876. The van der Waals surface area contributed by atoms with E-state index in [1.54, 1.807) is 6.33 Å². The lowest BCUT2D eigenvalue weighted by Gasteiger charge is -2.18. The maximum Gasteiger partial charge on any atom is 0.165 e. The van der Waals surface area contributed by atoms with E-state index in [2.05, 4.69) is 52.0 Å². The molecule has 0 amide bonds. The fraction of sp³-hybridized carbons (Fsp3) is 0.533. The third-order valence-electron chi connectivity index (χ3n) is 3.54. The molecular formula is C15H23N5. The minimum Gasteiger partial charge on any atom is -0.368 e. The molecule has 0 fully saturated rings. The van der Waals surface area contributed by atoms with E-state index in [-0.39, 0.29) is 0 Å². The molecule has 0 unspecified atom stereocenters. The first-order chi connectivity index (χ1) is 9.65. The van der Waals surface area contributed by atoms with E-state index in [0.717, 1.165) is 48.7 Å². The normalized spacial score (nSPS) is 11.2. The molecule has 0 aliphatic heterocycles. The number of hydrogen-bond acceptors (Lipinski definition) is 5. The van der Waals surface area contributed by atoms with E-state index < -0.39 is 0 Å². The fourth-order valence-corrected chi connectivity index (χ4v) is 2.42. The van der Waals surface area contributed by atoms with E-state index in [1.807, 2.05) is 6.92 Å². The highest BCUT2D eigenvalue weighted by Gasteiger charge is 2.08. The van der Waals surface area contributed by atoms with Gasteiger partial charge < -0.3 is 10.2 Å². The highest BCUT2D eigenvalue weighted by atomic mass is 15.1. The highest BCUT2D eigenvalue weighted by Crippen LogP contribution is 2.22. The van der Waals surface area contributed by atoms with Crippen LogP contribution in [0.5, 0.6) is 0 Å². The summed E-state index contributed by atoms with van der Waals surface area (Å²) in [7, 11) is 0. The summed E-state index contributed by atoms with van der Waals surface area (Å²) in [5.41, 5.74) is 2.92.